The average molecular weight is 318 g/mol. The third-order valence-corrected chi connectivity index (χ3v) is 4.10. The highest BCUT2D eigenvalue weighted by Crippen LogP contribution is 2.29. The first-order valence-electron chi connectivity index (χ1n) is 7.96. The van der Waals surface area contributed by atoms with E-state index in [0.29, 0.717) is 12.2 Å². The summed E-state index contributed by atoms with van der Waals surface area (Å²) in [5.74, 6) is 0. The molecule has 1 atom stereocenters. The number of aliphatic hydroxyl groups excluding tert-OH is 1. The summed E-state index contributed by atoms with van der Waals surface area (Å²) >= 11 is 0. The summed E-state index contributed by atoms with van der Waals surface area (Å²) in [5, 5.41) is 23.3. The number of carbonyl (C=O) groups excluding carboxylic acids is 1. The second-order valence-corrected chi connectivity index (χ2v) is 5.62. The first-order chi connectivity index (χ1) is 11.2. The van der Waals surface area contributed by atoms with Crippen LogP contribution in [0.2, 0.25) is 0 Å². The molecule has 0 aliphatic heterocycles. The van der Waals surface area contributed by atoms with Crippen molar-refractivity contribution in [2.75, 3.05) is 11.9 Å². The summed E-state index contributed by atoms with van der Waals surface area (Å²) in [6.07, 6.45) is 8.03. The number of nitrogens with one attached hydrogen (secondary N) is 2. The quantitative estimate of drug-likeness (QED) is 0.774. The highest BCUT2D eigenvalue weighted by molar-refractivity contribution is 5.89. The number of nitrogens with zero attached hydrogens (tertiary/aromatic N) is 4. The Morgan fingerprint density at radius 2 is 2.30 bits per heavy atom. The number of aromatic nitrogens is 4. The number of hydrogen-bond acceptors (Lipinski definition) is 4. The molecule has 3 rings (SSSR count). The van der Waals surface area contributed by atoms with Gasteiger partial charge in [0.15, 0.2) is 0 Å². The molecule has 2 aromatic heterocycles. The molecule has 1 aliphatic carbocycles. The number of hydrogen-bond donors (Lipinski definition) is 3. The van der Waals surface area contributed by atoms with Crippen LogP contribution in [0.25, 0.3) is 0 Å². The number of aliphatic hydroxyl groups is 1. The van der Waals surface area contributed by atoms with E-state index in [1.165, 1.54) is 0 Å². The zero-order valence-corrected chi connectivity index (χ0v) is 13.2. The summed E-state index contributed by atoms with van der Waals surface area (Å²) in [4.78, 5) is 12.2. The van der Waals surface area contributed by atoms with E-state index in [2.05, 4.69) is 20.8 Å². The van der Waals surface area contributed by atoms with Gasteiger partial charge >= 0.3 is 6.03 Å². The average Bonchev–Trinajstić information content (AvgIpc) is 3.15. The Hall–Kier alpha value is -2.35. The van der Waals surface area contributed by atoms with E-state index < -0.39 is 0 Å². The Balaban J connectivity index is 1.65. The lowest BCUT2D eigenvalue weighted by Gasteiger charge is -2.24. The number of carbonyl (C=O) groups is 1. The highest BCUT2D eigenvalue weighted by atomic mass is 16.3. The van der Waals surface area contributed by atoms with Gasteiger partial charge in [-0.15, -0.1) is 0 Å². The van der Waals surface area contributed by atoms with Crippen LogP contribution in [-0.2, 0) is 19.5 Å². The smallest absolute Gasteiger partial charge is 0.319 e. The SMILES string of the molecule is CCn1cc(NC(=O)N[C@@H]2CCCc3c2cnn3CCO)cn1. The second-order valence-electron chi connectivity index (χ2n) is 5.62. The molecule has 2 amide bonds. The molecule has 0 radical (unpaired) electrons. The van der Waals surface area contributed by atoms with Crippen LogP contribution in [0.15, 0.2) is 18.6 Å². The maximum atomic E-state index is 12.2. The van der Waals surface area contributed by atoms with Gasteiger partial charge in [-0.2, -0.15) is 10.2 Å². The topological polar surface area (TPSA) is 97.0 Å². The molecule has 8 nitrogen and oxygen atoms in total. The van der Waals surface area contributed by atoms with Gasteiger partial charge in [0.05, 0.1) is 37.3 Å². The Kier molecular flexibility index (Phi) is 4.61. The molecule has 0 saturated heterocycles. The second kappa shape index (κ2) is 6.82. The molecule has 3 N–H and O–H groups in total. The van der Waals surface area contributed by atoms with Gasteiger partial charge in [0, 0.05) is 24.0 Å². The Morgan fingerprint density at radius 3 is 3.04 bits per heavy atom. The van der Waals surface area contributed by atoms with Crippen molar-refractivity contribution in [2.24, 2.45) is 0 Å². The van der Waals surface area contributed by atoms with E-state index in [9.17, 15) is 4.79 Å². The van der Waals surface area contributed by atoms with Gasteiger partial charge < -0.3 is 15.7 Å². The predicted molar refractivity (Wildman–Crippen MR) is 85.0 cm³/mol. The van der Waals surface area contributed by atoms with Crippen LogP contribution in [-0.4, -0.2) is 37.3 Å². The van der Waals surface area contributed by atoms with E-state index in [1.807, 2.05) is 11.6 Å². The fourth-order valence-corrected chi connectivity index (χ4v) is 2.98. The Morgan fingerprint density at radius 1 is 1.43 bits per heavy atom. The number of aryl methyl sites for hydroxylation is 1. The molecule has 0 fully saturated rings. The van der Waals surface area contributed by atoms with Crippen LogP contribution in [0.5, 0.6) is 0 Å². The number of urea groups is 1. The Bertz CT molecular complexity index is 677. The third-order valence-electron chi connectivity index (χ3n) is 4.10. The van der Waals surface area contributed by atoms with Crippen molar-refractivity contribution in [3.05, 3.63) is 29.8 Å². The van der Waals surface area contributed by atoms with Crippen LogP contribution < -0.4 is 10.6 Å². The van der Waals surface area contributed by atoms with Gasteiger partial charge in [-0.05, 0) is 26.2 Å². The first-order valence-corrected chi connectivity index (χ1v) is 7.96. The van der Waals surface area contributed by atoms with Crippen molar-refractivity contribution in [2.45, 2.75) is 45.3 Å². The molecule has 2 heterocycles. The Labute approximate surface area is 134 Å². The highest BCUT2D eigenvalue weighted by Gasteiger charge is 2.25. The number of fused-ring (bicyclic) bond motifs is 1. The molecule has 23 heavy (non-hydrogen) atoms. The van der Waals surface area contributed by atoms with Gasteiger partial charge in [-0.3, -0.25) is 9.36 Å². The summed E-state index contributed by atoms with van der Waals surface area (Å²) in [5.41, 5.74) is 2.83. The van der Waals surface area contributed by atoms with E-state index in [4.69, 9.17) is 5.11 Å². The lowest BCUT2D eigenvalue weighted by Crippen LogP contribution is -2.34. The maximum absolute atomic E-state index is 12.2. The minimum Gasteiger partial charge on any atom is -0.394 e. The molecule has 0 bridgehead atoms. The molecule has 0 unspecified atom stereocenters. The van der Waals surface area contributed by atoms with Crippen molar-refractivity contribution >= 4 is 11.7 Å². The summed E-state index contributed by atoms with van der Waals surface area (Å²) in [7, 11) is 0. The van der Waals surface area contributed by atoms with Crippen molar-refractivity contribution in [1.82, 2.24) is 24.9 Å². The number of amides is 2. The molecule has 0 saturated carbocycles. The molecular formula is C15H22N6O2. The fraction of sp³-hybridized carbons (Fsp3) is 0.533. The predicted octanol–water partition coefficient (Wildman–Crippen LogP) is 1.29. The fourth-order valence-electron chi connectivity index (χ4n) is 2.98. The zero-order valence-electron chi connectivity index (χ0n) is 13.2. The van der Waals surface area contributed by atoms with Gasteiger partial charge in [0.25, 0.3) is 0 Å². The van der Waals surface area contributed by atoms with Crippen LogP contribution in [0.3, 0.4) is 0 Å². The minimum absolute atomic E-state index is 0.0487. The normalized spacial score (nSPS) is 16.9. The van der Waals surface area contributed by atoms with E-state index in [1.54, 1.807) is 23.3 Å². The largest absolute Gasteiger partial charge is 0.394 e. The summed E-state index contributed by atoms with van der Waals surface area (Å²) in [6, 6.07) is -0.291. The lowest BCUT2D eigenvalue weighted by molar-refractivity contribution is 0.246. The summed E-state index contributed by atoms with van der Waals surface area (Å²) < 4.78 is 3.58. The van der Waals surface area contributed by atoms with Crippen molar-refractivity contribution in [3.63, 3.8) is 0 Å². The van der Waals surface area contributed by atoms with Gasteiger partial charge in [0.1, 0.15) is 0 Å². The van der Waals surface area contributed by atoms with Gasteiger partial charge in [-0.1, -0.05) is 0 Å². The summed E-state index contributed by atoms with van der Waals surface area (Å²) in [6.45, 7) is 3.31. The van der Waals surface area contributed by atoms with Crippen LogP contribution in [0.1, 0.15) is 37.1 Å². The van der Waals surface area contributed by atoms with Crippen molar-refractivity contribution in [3.8, 4) is 0 Å². The molecule has 0 aromatic carbocycles. The molecule has 8 heteroatoms. The maximum Gasteiger partial charge on any atom is 0.319 e. The zero-order chi connectivity index (χ0) is 16.2. The molecular weight excluding hydrogens is 296 g/mol. The standard InChI is InChI=1S/C15H22N6O2/c1-2-20-10-11(8-16-20)18-15(23)19-13-4-3-5-14-12(13)9-17-21(14)6-7-22/h8-10,13,22H,2-7H2,1H3,(H2,18,19,23)/t13-/m1/s1. The number of rotatable bonds is 5. The van der Waals surface area contributed by atoms with Crippen molar-refractivity contribution in [1.29, 1.82) is 0 Å². The lowest BCUT2D eigenvalue weighted by atomic mass is 9.93. The van der Waals surface area contributed by atoms with Crippen LogP contribution in [0.4, 0.5) is 10.5 Å². The molecule has 2 aromatic rings. The monoisotopic (exact) mass is 318 g/mol. The van der Waals surface area contributed by atoms with E-state index >= 15 is 0 Å². The minimum atomic E-state index is -0.242. The molecule has 124 valence electrons. The third kappa shape index (κ3) is 3.37. The van der Waals surface area contributed by atoms with Gasteiger partial charge in [-0.25, -0.2) is 4.79 Å². The van der Waals surface area contributed by atoms with Gasteiger partial charge in [0.2, 0.25) is 0 Å². The van der Waals surface area contributed by atoms with Crippen LogP contribution in [0, 0.1) is 0 Å². The van der Waals surface area contributed by atoms with Crippen molar-refractivity contribution < 1.29 is 9.90 Å². The first kappa shape index (κ1) is 15.5. The van der Waals surface area contributed by atoms with E-state index in [-0.39, 0.29) is 18.7 Å². The van der Waals surface area contributed by atoms with Crippen LogP contribution >= 0.6 is 0 Å². The van der Waals surface area contributed by atoms with E-state index in [0.717, 1.165) is 37.1 Å². The number of anilines is 1. The molecule has 1 aliphatic rings. The molecule has 0 spiro atoms.